The maximum absolute atomic E-state index is 10.6. The quantitative estimate of drug-likeness (QED) is 0.609. The fourth-order valence-corrected chi connectivity index (χ4v) is 1.46. The van der Waals surface area contributed by atoms with Crippen molar-refractivity contribution in [3.05, 3.63) is 35.4 Å². The van der Waals surface area contributed by atoms with Crippen LogP contribution in [0.2, 0.25) is 0 Å². The average molecular weight is 174 g/mol. The highest BCUT2D eigenvalue weighted by Crippen LogP contribution is 2.31. The molecule has 66 valence electrons. The third kappa shape index (κ3) is 1.24. The Balaban J connectivity index is 2.58. The highest BCUT2D eigenvalue weighted by atomic mass is 16.5. The molecule has 0 aromatic heterocycles. The van der Waals surface area contributed by atoms with Crippen molar-refractivity contribution in [3.63, 3.8) is 0 Å². The summed E-state index contributed by atoms with van der Waals surface area (Å²) in [5.41, 5.74) is 2.78. The molecule has 0 bridgehead atoms. The van der Waals surface area contributed by atoms with Crippen molar-refractivity contribution in [3.8, 4) is 5.75 Å². The molecule has 1 heterocycles. The molecule has 1 aromatic rings. The third-order valence-corrected chi connectivity index (χ3v) is 2.30. The van der Waals surface area contributed by atoms with E-state index in [1.165, 1.54) is 0 Å². The Morgan fingerprint density at radius 1 is 1.38 bits per heavy atom. The number of benzene rings is 1. The van der Waals surface area contributed by atoms with Crippen LogP contribution in [0.15, 0.2) is 29.8 Å². The second-order valence-corrected chi connectivity index (χ2v) is 3.05. The van der Waals surface area contributed by atoms with Crippen LogP contribution in [0, 0.1) is 0 Å². The number of aldehydes is 1. The molecule has 2 heteroatoms. The van der Waals surface area contributed by atoms with E-state index in [-0.39, 0.29) is 0 Å². The van der Waals surface area contributed by atoms with Crippen LogP contribution in [0.5, 0.6) is 5.75 Å². The number of carbonyl (C=O) groups excluding carboxylic acids is 1. The van der Waals surface area contributed by atoms with E-state index in [4.69, 9.17) is 4.74 Å². The van der Waals surface area contributed by atoms with Crippen LogP contribution in [0.3, 0.4) is 0 Å². The van der Waals surface area contributed by atoms with E-state index in [0.717, 1.165) is 28.7 Å². The molecule has 0 saturated carbocycles. The molecule has 0 radical (unpaired) electrons. The molecule has 0 atom stereocenters. The Bertz CT molecular complexity index is 377. The topological polar surface area (TPSA) is 26.3 Å². The average Bonchev–Trinajstić information content (AvgIpc) is 2.19. The summed E-state index contributed by atoms with van der Waals surface area (Å²) in [5, 5.41) is 0. The lowest BCUT2D eigenvalue weighted by atomic mass is 9.99. The summed E-state index contributed by atoms with van der Waals surface area (Å²) in [6.07, 6.45) is 0.866. The van der Waals surface area contributed by atoms with Crippen LogP contribution < -0.4 is 4.74 Å². The van der Waals surface area contributed by atoms with E-state index in [2.05, 4.69) is 0 Å². The number of hydrogen-bond donors (Lipinski definition) is 0. The fourth-order valence-electron chi connectivity index (χ4n) is 1.46. The van der Waals surface area contributed by atoms with Gasteiger partial charge in [-0.15, -0.1) is 0 Å². The summed E-state index contributed by atoms with van der Waals surface area (Å²) in [5.74, 6) is 0.866. The highest BCUT2D eigenvalue weighted by molar-refractivity contribution is 5.90. The zero-order valence-corrected chi connectivity index (χ0v) is 7.41. The Morgan fingerprint density at radius 3 is 2.92 bits per heavy atom. The van der Waals surface area contributed by atoms with Crippen LogP contribution in [0.1, 0.15) is 12.5 Å². The third-order valence-electron chi connectivity index (χ3n) is 2.30. The Morgan fingerprint density at radius 2 is 2.15 bits per heavy atom. The van der Waals surface area contributed by atoms with Gasteiger partial charge in [0, 0.05) is 11.1 Å². The van der Waals surface area contributed by atoms with Gasteiger partial charge in [-0.2, -0.15) is 0 Å². The smallest absolute Gasteiger partial charge is 0.149 e. The minimum absolute atomic E-state index is 0.395. The van der Waals surface area contributed by atoms with Gasteiger partial charge in [0.15, 0.2) is 0 Å². The first kappa shape index (κ1) is 8.05. The normalized spacial score (nSPS) is 14.8. The predicted molar refractivity (Wildman–Crippen MR) is 50.6 cm³/mol. The van der Waals surface area contributed by atoms with Crippen LogP contribution >= 0.6 is 0 Å². The molecule has 0 N–H and O–H groups in total. The molecule has 1 aromatic carbocycles. The van der Waals surface area contributed by atoms with Gasteiger partial charge in [-0.05, 0) is 18.6 Å². The van der Waals surface area contributed by atoms with Crippen molar-refractivity contribution in [2.45, 2.75) is 6.92 Å². The Labute approximate surface area is 76.8 Å². The molecular formula is C11H10O2. The first-order valence-electron chi connectivity index (χ1n) is 4.20. The monoisotopic (exact) mass is 174 g/mol. The lowest BCUT2D eigenvalue weighted by molar-refractivity contribution is -0.105. The van der Waals surface area contributed by atoms with E-state index in [9.17, 15) is 4.79 Å². The summed E-state index contributed by atoms with van der Waals surface area (Å²) >= 11 is 0. The number of carbonyl (C=O) groups is 1. The number of rotatable bonds is 1. The SMILES string of the molecule is CC1=C(C=O)COc2ccccc21. The molecule has 0 spiro atoms. The van der Waals surface area contributed by atoms with Crippen LogP contribution in [0.4, 0.5) is 0 Å². The van der Waals surface area contributed by atoms with E-state index >= 15 is 0 Å². The highest BCUT2D eigenvalue weighted by Gasteiger charge is 2.15. The first-order chi connectivity index (χ1) is 6.33. The number of para-hydroxylation sites is 1. The second kappa shape index (κ2) is 3.05. The van der Waals surface area contributed by atoms with Crippen molar-refractivity contribution in [2.75, 3.05) is 6.61 Å². The fraction of sp³-hybridized carbons (Fsp3) is 0.182. The van der Waals surface area contributed by atoms with Gasteiger partial charge in [0.1, 0.15) is 18.6 Å². The van der Waals surface area contributed by atoms with Crippen molar-refractivity contribution in [1.82, 2.24) is 0 Å². The van der Waals surface area contributed by atoms with Crippen molar-refractivity contribution >= 4 is 11.9 Å². The minimum Gasteiger partial charge on any atom is -0.488 e. The number of ether oxygens (including phenoxy) is 1. The Hall–Kier alpha value is -1.57. The summed E-state index contributed by atoms with van der Waals surface area (Å²) in [7, 11) is 0. The molecule has 0 aliphatic carbocycles. The summed E-state index contributed by atoms with van der Waals surface area (Å²) in [4.78, 5) is 10.6. The molecule has 0 unspecified atom stereocenters. The van der Waals surface area contributed by atoms with E-state index in [1.54, 1.807) is 0 Å². The van der Waals surface area contributed by atoms with E-state index in [0.29, 0.717) is 6.61 Å². The van der Waals surface area contributed by atoms with Gasteiger partial charge >= 0.3 is 0 Å². The molecule has 1 aliphatic rings. The molecule has 0 amide bonds. The molecule has 1 aliphatic heterocycles. The van der Waals surface area contributed by atoms with Crippen LogP contribution in [-0.2, 0) is 4.79 Å². The van der Waals surface area contributed by atoms with Gasteiger partial charge in [0.2, 0.25) is 0 Å². The molecule has 13 heavy (non-hydrogen) atoms. The predicted octanol–water partition coefficient (Wildman–Crippen LogP) is 2.05. The second-order valence-electron chi connectivity index (χ2n) is 3.05. The van der Waals surface area contributed by atoms with Gasteiger partial charge in [-0.25, -0.2) is 0 Å². The lowest BCUT2D eigenvalue weighted by Gasteiger charge is -2.18. The lowest BCUT2D eigenvalue weighted by Crippen LogP contribution is -2.10. The van der Waals surface area contributed by atoms with Gasteiger partial charge in [-0.1, -0.05) is 18.2 Å². The standard InChI is InChI=1S/C11H10O2/c1-8-9(6-12)7-13-11-5-3-2-4-10(8)11/h2-6H,7H2,1H3. The maximum atomic E-state index is 10.6. The van der Waals surface area contributed by atoms with E-state index < -0.39 is 0 Å². The summed E-state index contributed by atoms with van der Waals surface area (Å²) < 4.78 is 5.41. The van der Waals surface area contributed by atoms with Crippen molar-refractivity contribution in [1.29, 1.82) is 0 Å². The first-order valence-corrected chi connectivity index (χ1v) is 4.20. The van der Waals surface area contributed by atoms with Gasteiger partial charge in [0.25, 0.3) is 0 Å². The zero-order valence-electron chi connectivity index (χ0n) is 7.41. The van der Waals surface area contributed by atoms with Crippen LogP contribution in [0.25, 0.3) is 5.57 Å². The minimum atomic E-state index is 0.395. The number of hydrogen-bond acceptors (Lipinski definition) is 2. The van der Waals surface area contributed by atoms with Crippen molar-refractivity contribution < 1.29 is 9.53 Å². The van der Waals surface area contributed by atoms with Gasteiger partial charge < -0.3 is 4.74 Å². The van der Waals surface area contributed by atoms with E-state index in [1.807, 2.05) is 31.2 Å². The Kier molecular flexibility index (Phi) is 1.89. The van der Waals surface area contributed by atoms with Gasteiger partial charge in [0.05, 0.1) is 0 Å². The molecule has 2 nitrogen and oxygen atoms in total. The molecular weight excluding hydrogens is 164 g/mol. The largest absolute Gasteiger partial charge is 0.488 e. The van der Waals surface area contributed by atoms with Gasteiger partial charge in [-0.3, -0.25) is 4.79 Å². The van der Waals surface area contributed by atoms with Crippen LogP contribution in [-0.4, -0.2) is 12.9 Å². The number of allylic oxidation sites excluding steroid dienone is 1. The zero-order chi connectivity index (χ0) is 9.26. The number of fused-ring (bicyclic) bond motifs is 1. The summed E-state index contributed by atoms with van der Waals surface area (Å²) in [6.45, 7) is 2.34. The van der Waals surface area contributed by atoms with Crippen molar-refractivity contribution in [2.24, 2.45) is 0 Å². The molecule has 2 rings (SSSR count). The molecule has 0 saturated heterocycles. The molecule has 0 fully saturated rings. The summed E-state index contributed by atoms with van der Waals surface area (Å²) in [6, 6.07) is 7.76. The maximum Gasteiger partial charge on any atom is 0.149 e.